The molecule has 0 unspecified atom stereocenters. The summed E-state index contributed by atoms with van der Waals surface area (Å²) in [5, 5.41) is 0. The number of unbranched alkanes of at least 4 members (excludes halogenated alkanes) is 15. The van der Waals surface area contributed by atoms with Gasteiger partial charge in [0.2, 0.25) is 0 Å². The molecule has 0 aromatic rings. The first kappa shape index (κ1) is 64.5. The molecule has 6 heteroatoms. The van der Waals surface area contributed by atoms with E-state index < -0.39 is 12.1 Å². The van der Waals surface area contributed by atoms with E-state index in [1.807, 2.05) is 0 Å². The van der Waals surface area contributed by atoms with E-state index in [4.69, 9.17) is 14.2 Å². The van der Waals surface area contributed by atoms with Crippen molar-refractivity contribution < 1.29 is 28.6 Å². The second kappa shape index (κ2) is 56.1. The van der Waals surface area contributed by atoms with Crippen LogP contribution in [0, 0.1) is 0 Å². The Morgan fingerprint density at radius 1 is 0.290 bits per heavy atom. The van der Waals surface area contributed by atoms with Gasteiger partial charge >= 0.3 is 17.9 Å². The molecule has 388 valence electrons. The van der Waals surface area contributed by atoms with E-state index in [9.17, 15) is 14.4 Å². The smallest absolute Gasteiger partial charge is 0.306 e. The van der Waals surface area contributed by atoms with Crippen LogP contribution in [0.2, 0.25) is 0 Å². The van der Waals surface area contributed by atoms with Gasteiger partial charge in [-0.1, -0.05) is 212 Å². The Labute approximate surface area is 424 Å². The van der Waals surface area contributed by atoms with E-state index in [-0.39, 0.29) is 44.4 Å². The van der Waals surface area contributed by atoms with Crippen molar-refractivity contribution in [2.75, 3.05) is 13.2 Å². The van der Waals surface area contributed by atoms with Crippen molar-refractivity contribution >= 4 is 17.9 Å². The van der Waals surface area contributed by atoms with Crippen LogP contribution >= 0.6 is 0 Å². The minimum atomic E-state index is -0.854. The summed E-state index contributed by atoms with van der Waals surface area (Å²) in [6, 6.07) is 0. The number of ether oxygens (including phenoxy) is 3. The molecule has 0 aromatic heterocycles. The monoisotopic (exact) mass is 953 g/mol. The summed E-state index contributed by atoms with van der Waals surface area (Å²) in [7, 11) is 0. The average molecular weight is 953 g/mol. The fourth-order valence-electron chi connectivity index (χ4n) is 6.91. The molecule has 0 N–H and O–H groups in total. The van der Waals surface area contributed by atoms with Crippen LogP contribution in [0.15, 0.2) is 134 Å². The molecule has 0 rings (SSSR count). The van der Waals surface area contributed by atoms with Crippen molar-refractivity contribution in [2.24, 2.45) is 0 Å². The molecular weight excluding hydrogens is 853 g/mol. The number of hydrogen-bond acceptors (Lipinski definition) is 6. The summed E-state index contributed by atoms with van der Waals surface area (Å²) >= 11 is 0. The molecule has 0 saturated heterocycles. The van der Waals surface area contributed by atoms with Crippen LogP contribution in [0.5, 0.6) is 0 Å². The average Bonchev–Trinajstić information content (AvgIpc) is 3.35. The highest BCUT2D eigenvalue weighted by Crippen LogP contribution is 2.10. The highest BCUT2D eigenvalue weighted by atomic mass is 16.6. The minimum Gasteiger partial charge on any atom is -0.462 e. The Balaban J connectivity index is 4.66. The first-order chi connectivity index (χ1) is 34.0. The third-order valence-corrected chi connectivity index (χ3v) is 11.1. The maximum Gasteiger partial charge on any atom is 0.306 e. The van der Waals surface area contributed by atoms with Crippen molar-refractivity contribution in [3.63, 3.8) is 0 Å². The van der Waals surface area contributed by atoms with E-state index in [0.717, 1.165) is 70.6 Å². The number of hydrogen-bond donors (Lipinski definition) is 0. The first-order valence-corrected chi connectivity index (χ1v) is 27.7. The fraction of sp³-hybridized carbons (Fsp3) is 0.603. The van der Waals surface area contributed by atoms with Crippen LogP contribution in [0.25, 0.3) is 0 Å². The van der Waals surface area contributed by atoms with Crippen LogP contribution in [-0.4, -0.2) is 37.2 Å². The lowest BCUT2D eigenvalue weighted by Gasteiger charge is -2.18. The number of rotatable bonds is 48. The Morgan fingerprint density at radius 2 is 0.522 bits per heavy atom. The molecule has 0 aromatic carbocycles. The standard InChI is InChI=1S/C63H100O6/c1-4-7-10-13-16-19-22-25-28-31-34-37-40-43-46-49-52-55-61(64)67-58-60(69-63(66)57-54-51-48-45-42-39-36-33-30-27-24-21-18-15-12-9-6-3)59-68-62(65)56-53-50-47-44-41-38-35-32-29-26-23-20-17-14-11-8-5-2/h16-17,19-20,25-30,34-39,43-48,60H,4-15,18,21-24,31-33,40-42,49-59H2,1-3H3/b19-16-,20-17-,28-25-,29-26-,30-27-,37-34-,38-35-,39-36-,46-43-,47-44-,48-45-. The Kier molecular flexibility index (Phi) is 52.5. The Hall–Kier alpha value is -4.45. The van der Waals surface area contributed by atoms with E-state index in [1.165, 1.54) is 96.3 Å². The molecule has 0 atom stereocenters. The molecule has 0 amide bonds. The van der Waals surface area contributed by atoms with E-state index in [1.54, 1.807) is 0 Å². The quantitative estimate of drug-likeness (QED) is 0.0262. The Morgan fingerprint density at radius 3 is 0.841 bits per heavy atom. The normalized spacial score (nSPS) is 12.8. The molecule has 69 heavy (non-hydrogen) atoms. The van der Waals surface area contributed by atoms with E-state index in [2.05, 4.69) is 154 Å². The van der Waals surface area contributed by atoms with Gasteiger partial charge in [0.15, 0.2) is 6.10 Å². The van der Waals surface area contributed by atoms with Crippen LogP contribution in [0.4, 0.5) is 0 Å². The van der Waals surface area contributed by atoms with Crippen molar-refractivity contribution in [2.45, 2.75) is 232 Å². The summed E-state index contributed by atoms with van der Waals surface area (Å²) in [4.78, 5) is 38.0. The molecule has 0 heterocycles. The zero-order valence-corrected chi connectivity index (χ0v) is 44.3. The van der Waals surface area contributed by atoms with Crippen LogP contribution in [0.3, 0.4) is 0 Å². The fourth-order valence-corrected chi connectivity index (χ4v) is 6.91. The van der Waals surface area contributed by atoms with Gasteiger partial charge in [-0.05, 0) is 128 Å². The molecule has 0 saturated carbocycles. The number of esters is 3. The zero-order chi connectivity index (χ0) is 50.0. The van der Waals surface area contributed by atoms with Crippen molar-refractivity contribution in [1.29, 1.82) is 0 Å². The van der Waals surface area contributed by atoms with Crippen LogP contribution in [-0.2, 0) is 28.6 Å². The summed E-state index contributed by atoms with van der Waals surface area (Å²) < 4.78 is 16.7. The Bertz CT molecular complexity index is 1440. The van der Waals surface area contributed by atoms with Gasteiger partial charge in [-0.25, -0.2) is 0 Å². The summed E-state index contributed by atoms with van der Waals surface area (Å²) in [6.45, 7) is 6.42. The SMILES string of the molecule is CCCCC/C=C\C/C=C\C/C=C\C/C=C\CCCC(=O)OCC(COC(=O)CCC/C=C\C/C=C\C/C=C\C/C=C\CCCCC)OC(=O)CCC/C=C\C/C=C\C/C=C\CCCCCCCC. The molecule has 0 aliphatic heterocycles. The van der Waals surface area contributed by atoms with Gasteiger partial charge in [-0.2, -0.15) is 0 Å². The molecular formula is C63H100O6. The van der Waals surface area contributed by atoms with Gasteiger partial charge in [-0.3, -0.25) is 14.4 Å². The summed E-state index contributed by atoms with van der Waals surface area (Å²) in [5.74, 6) is -1.12. The molecule has 0 aliphatic carbocycles. The number of carbonyl (C=O) groups excluding carboxylic acids is 3. The predicted octanol–water partition coefficient (Wildman–Crippen LogP) is 18.6. The lowest BCUT2D eigenvalue weighted by molar-refractivity contribution is -0.166. The lowest BCUT2D eigenvalue weighted by atomic mass is 10.1. The topological polar surface area (TPSA) is 78.9 Å². The third kappa shape index (κ3) is 54.4. The molecule has 0 bridgehead atoms. The van der Waals surface area contributed by atoms with Gasteiger partial charge < -0.3 is 14.2 Å². The zero-order valence-electron chi connectivity index (χ0n) is 44.3. The maximum atomic E-state index is 12.8. The molecule has 0 aliphatic rings. The second-order valence-electron chi connectivity index (χ2n) is 17.8. The van der Waals surface area contributed by atoms with Gasteiger partial charge in [0, 0.05) is 19.3 Å². The molecule has 0 radical (unpaired) electrons. The van der Waals surface area contributed by atoms with Crippen LogP contribution < -0.4 is 0 Å². The van der Waals surface area contributed by atoms with Crippen molar-refractivity contribution in [1.82, 2.24) is 0 Å². The largest absolute Gasteiger partial charge is 0.462 e. The second-order valence-corrected chi connectivity index (χ2v) is 17.8. The van der Waals surface area contributed by atoms with E-state index >= 15 is 0 Å². The highest BCUT2D eigenvalue weighted by Gasteiger charge is 2.19. The third-order valence-electron chi connectivity index (χ3n) is 11.1. The number of carbonyl (C=O) groups is 3. The molecule has 0 spiro atoms. The summed E-state index contributed by atoms with van der Waals surface area (Å²) in [5.41, 5.74) is 0. The first-order valence-electron chi connectivity index (χ1n) is 27.7. The predicted molar refractivity (Wildman–Crippen MR) is 297 cm³/mol. The molecule has 6 nitrogen and oxygen atoms in total. The van der Waals surface area contributed by atoms with Crippen molar-refractivity contribution in [3.05, 3.63) is 134 Å². The summed E-state index contributed by atoms with van der Waals surface area (Å²) in [6.07, 6.45) is 78.8. The maximum absolute atomic E-state index is 12.8. The van der Waals surface area contributed by atoms with E-state index in [0.29, 0.717) is 19.3 Å². The van der Waals surface area contributed by atoms with Gasteiger partial charge in [-0.15, -0.1) is 0 Å². The highest BCUT2D eigenvalue weighted by molar-refractivity contribution is 5.71. The molecule has 0 fully saturated rings. The van der Waals surface area contributed by atoms with Gasteiger partial charge in [0.1, 0.15) is 13.2 Å². The van der Waals surface area contributed by atoms with Crippen molar-refractivity contribution in [3.8, 4) is 0 Å². The van der Waals surface area contributed by atoms with Crippen LogP contribution in [0.1, 0.15) is 226 Å². The number of allylic oxidation sites excluding steroid dienone is 22. The minimum absolute atomic E-state index is 0.148. The lowest BCUT2D eigenvalue weighted by Crippen LogP contribution is -2.30. The van der Waals surface area contributed by atoms with Gasteiger partial charge in [0.05, 0.1) is 0 Å². The van der Waals surface area contributed by atoms with Gasteiger partial charge in [0.25, 0.3) is 0 Å².